The number of rotatable bonds is 6. The van der Waals surface area contributed by atoms with Crippen LogP contribution in [0.2, 0.25) is 0 Å². The third-order valence-corrected chi connectivity index (χ3v) is 4.16. The molecule has 4 nitrogen and oxygen atoms in total. The van der Waals surface area contributed by atoms with E-state index in [2.05, 4.69) is 13.8 Å². The molecule has 4 heteroatoms. The highest BCUT2D eigenvalue weighted by Crippen LogP contribution is 2.19. The summed E-state index contributed by atoms with van der Waals surface area (Å²) in [6, 6.07) is 0. The van der Waals surface area contributed by atoms with Gasteiger partial charge in [-0.3, -0.25) is 4.79 Å². The van der Waals surface area contributed by atoms with Gasteiger partial charge in [-0.15, -0.1) is 0 Å². The molecule has 116 valence electrons. The molecule has 0 saturated carbocycles. The zero-order chi connectivity index (χ0) is 14.4. The zero-order valence-electron chi connectivity index (χ0n) is 13.0. The summed E-state index contributed by atoms with van der Waals surface area (Å²) >= 11 is 0. The van der Waals surface area contributed by atoms with Crippen molar-refractivity contribution in [3.63, 3.8) is 0 Å². The van der Waals surface area contributed by atoms with Crippen LogP contribution in [-0.4, -0.2) is 49.3 Å². The van der Waals surface area contributed by atoms with Crippen LogP contribution >= 0.6 is 0 Å². The second-order valence-electron chi connectivity index (χ2n) is 6.48. The topological polar surface area (TPSA) is 38.8 Å². The summed E-state index contributed by atoms with van der Waals surface area (Å²) < 4.78 is 11.4. The molecule has 2 heterocycles. The average molecular weight is 283 g/mol. The van der Waals surface area contributed by atoms with E-state index < -0.39 is 0 Å². The maximum Gasteiger partial charge on any atom is 0.222 e. The van der Waals surface area contributed by atoms with Gasteiger partial charge in [-0.1, -0.05) is 13.8 Å². The molecule has 1 unspecified atom stereocenters. The van der Waals surface area contributed by atoms with Crippen LogP contribution in [0.4, 0.5) is 0 Å². The van der Waals surface area contributed by atoms with Crippen LogP contribution < -0.4 is 0 Å². The van der Waals surface area contributed by atoms with E-state index in [4.69, 9.17) is 9.47 Å². The zero-order valence-corrected chi connectivity index (χ0v) is 13.0. The summed E-state index contributed by atoms with van der Waals surface area (Å²) in [7, 11) is 0. The minimum atomic E-state index is 0.294. The molecular formula is C16H29NO3. The van der Waals surface area contributed by atoms with Crippen LogP contribution in [0.15, 0.2) is 0 Å². The molecule has 2 rings (SSSR count). The predicted octanol–water partition coefficient (Wildman–Crippen LogP) is 2.61. The van der Waals surface area contributed by atoms with Crippen molar-refractivity contribution >= 4 is 5.91 Å². The van der Waals surface area contributed by atoms with E-state index in [0.717, 1.165) is 58.4 Å². The Labute approximate surface area is 122 Å². The number of hydrogen-bond donors (Lipinski definition) is 0. The summed E-state index contributed by atoms with van der Waals surface area (Å²) in [6.07, 6.45) is 6.45. The highest BCUT2D eigenvalue weighted by atomic mass is 16.5. The quantitative estimate of drug-likeness (QED) is 0.752. The van der Waals surface area contributed by atoms with Crippen molar-refractivity contribution in [3.8, 4) is 0 Å². The molecule has 2 aliphatic heterocycles. The third-order valence-electron chi connectivity index (χ3n) is 4.16. The normalized spacial score (nSPS) is 24.6. The summed E-state index contributed by atoms with van der Waals surface area (Å²) in [6.45, 7) is 7.75. The number of piperidine rings is 1. The molecule has 0 spiro atoms. The van der Waals surface area contributed by atoms with Gasteiger partial charge in [-0.05, 0) is 38.0 Å². The molecule has 20 heavy (non-hydrogen) atoms. The summed E-state index contributed by atoms with van der Waals surface area (Å²) in [4.78, 5) is 14.2. The van der Waals surface area contributed by atoms with Gasteiger partial charge in [0, 0.05) is 32.7 Å². The lowest BCUT2D eigenvalue weighted by Crippen LogP contribution is -2.41. The summed E-state index contributed by atoms with van der Waals surface area (Å²) in [5.74, 6) is 0.879. The fourth-order valence-corrected chi connectivity index (χ4v) is 2.91. The number of amides is 1. The van der Waals surface area contributed by atoms with Gasteiger partial charge >= 0.3 is 0 Å². The van der Waals surface area contributed by atoms with Crippen molar-refractivity contribution < 1.29 is 14.3 Å². The van der Waals surface area contributed by atoms with Gasteiger partial charge in [0.2, 0.25) is 5.91 Å². The molecule has 0 aromatic heterocycles. The van der Waals surface area contributed by atoms with Crippen molar-refractivity contribution in [2.75, 3.05) is 26.3 Å². The molecule has 0 radical (unpaired) electrons. The molecule has 2 saturated heterocycles. The van der Waals surface area contributed by atoms with Crippen LogP contribution in [0.5, 0.6) is 0 Å². The van der Waals surface area contributed by atoms with Crippen LogP contribution in [0, 0.1) is 5.92 Å². The Morgan fingerprint density at radius 2 is 2.05 bits per heavy atom. The molecule has 2 aliphatic rings. The Balaban J connectivity index is 1.61. The predicted molar refractivity (Wildman–Crippen MR) is 78.6 cm³/mol. The van der Waals surface area contributed by atoms with E-state index >= 15 is 0 Å². The molecule has 0 aliphatic carbocycles. The van der Waals surface area contributed by atoms with Crippen molar-refractivity contribution in [2.24, 2.45) is 5.92 Å². The Hall–Kier alpha value is -0.610. The Morgan fingerprint density at radius 3 is 2.65 bits per heavy atom. The van der Waals surface area contributed by atoms with Crippen LogP contribution in [0.3, 0.4) is 0 Å². The molecule has 0 bridgehead atoms. The van der Waals surface area contributed by atoms with Crippen molar-refractivity contribution in [1.29, 1.82) is 0 Å². The SMILES string of the molecule is CC(C)COC1CCN(C(=O)CCC2CCCO2)CC1. The largest absolute Gasteiger partial charge is 0.378 e. The van der Waals surface area contributed by atoms with Gasteiger partial charge in [0.05, 0.1) is 12.2 Å². The highest BCUT2D eigenvalue weighted by molar-refractivity contribution is 5.76. The van der Waals surface area contributed by atoms with Gasteiger partial charge < -0.3 is 14.4 Å². The van der Waals surface area contributed by atoms with Crippen molar-refractivity contribution in [3.05, 3.63) is 0 Å². The van der Waals surface area contributed by atoms with E-state index in [1.807, 2.05) is 4.90 Å². The lowest BCUT2D eigenvalue weighted by molar-refractivity contribution is -0.134. The molecular weight excluding hydrogens is 254 g/mol. The van der Waals surface area contributed by atoms with Crippen molar-refractivity contribution in [2.45, 2.75) is 64.6 Å². The Kier molecular flexibility index (Phi) is 6.30. The minimum Gasteiger partial charge on any atom is -0.378 e. The third kappa shape index (κ3) is 5.06. The smallest absolute Gasteiger partial charge is 0.222 e. The second kappa shape index (κ2) is 7.99. The summed E-state index contributed by atoms with van der Waals surface area (Å²) in [5.41, 5.74) is 0. The standard InChI is InChI=1S/C16H29NO3/c1-13(2)12-20-15-7-9-17(10-8-15)16(18)6-5-14-4-3-11-19-14/h13-15H,3-12H2,1-2H3. The van der Waals surface area contributed by atoms with Crippen LogP contribution in [0.1, 0.15) is 52.4 Å². The first-order valence-electron chi connectivity index (χ1n) is 8.16. The summed E-state index contributed by atoms with van der Waals surface area (Å²) in [5, 5.41) is 0. The average Bonchev–Trinajstić information content (AvgIpc) is 2.96. The first kappa shape index (κ1) is 15.8. The van der Waals surface area contributed by atoms with Crippen LogP contribution in [0.25, 0.3) is 0 Å². The number of carbonyl (C=O) groups excluding carboxylic acids is 1. The molecule has 0 N–H and O–H groups in total. The van der Waals surface area contributed by atoms with Gasteiger partial charge in [-0.25, -0.2) is 0 Å². The lowest BCUT2D eigenvalue weighted by atomic mass is 10.1. The van der Waals surface area contributed by atoms with E-state index in [0.29, 0.717) is 30.5 Å². The molecule has 0 aromatic rings. The molecule has 1 atom stereocenters. The second-order valence-corrected chi connectivity index (χ2v) is 6.48. The van der Waals surface area contributed by atoms with Gasteiger partial charge in [0.25, 0.3) is 0 Å². The fourth-order valence-electron chi connectivity index (χ4n) is 2.91. The first-order valence-corrected chi connectivity index (χ1v) is 8.16. The number of likely N-dealkylation sites (tertiary alicyclic amines) is 1. The highest BCUT2D eigenvalue weighted by Gasteiger charge is 2.24. The van der Waals surface area contributed by atoms with E-state index in [-0.39, 0.29) is 0 Å². The van der Waals surface area contributed by atoms with E-state index in [9.17, 15) is 4.79 Å². The molecule has 0 aromatic carbocycles. The number of hydrogen-bond acceptors (Lipinski definition) is 3. The number of nitrogens with zero attached hydrogens (tertiary/aromatic N) is 1. The Morgan fingerprint density at radius 1 is 1.30 bits per heavy atom. The van der Waals surface area contributed by atoms with Crippen LogP contribution in [-0.2, 0) is 14.3 Å². The minimum absolute atomic E-state index is 0.294. The lowest BCUT2D eigenvalue weighted by Gasteiger charge is -2.32. The Bertz CT molecular complexity index is 292. The number of ether oxygens (including phenoxy) is 2. The maximum absolute atomic E-state index is 12.2. The van der Waals surface area contributed by atoms with Gasteiger partial charge in [-0.2, -0.15) is 0 Å². The maximum atomic E-state index is 12.2. The van der Waals surface area contributed by atoms with E-state index in [1.54, 1.807) is 0 Å². The number of carbonyl (C=O) groups is 1. The van der Waals surface area contributed by atoms with E-state index in [1.165, 1.54) is 0 Å². The van der Waals surface area contributed by atoms with Gasteiger partial charge in [0.15, 0.2) is 0 Å². The fraction of sp³-hybridized carbons (Fsp3) is 0.938. The molecule has 2 fully saturated rings. The van der Waals surface area contributed by atoms with Gasteiger partial charge in [0.1, 0.15) is 0 Å². The monoisotopic (exact) mass is 283 g/mol. The van der Waals surface area contributed by atoms with Crippen molar-refractivity contribution in [1.82, 2.24) is 4.90 Å². The first-order chi connectivity index (χ1) is 9.65. The molecule has 1 amide bonds.